The van der Waals surface area contributed by atoms with Crippen molar-refractivity contribution in [3.63, 3.8) is 0 Å². The third-order valence-electron chi connectivity index (χ3n) is 3.74. The van der Waals surface area contributed by atoms with Crippen molar-refractivity contribution in [3.05, 3.63) is 17.2 Å². The van der Waals surface area contributed by atoms with E-state index in [1.54, 1.807) is 0 Å². The molecule has 2 nitrogen and oxygen atoms in total. The number of aromatic amines is 1. The molecule has 1 saturated carbocycles. The lowest BCUT2D eigenvalue weighted by atomic mass is 9.93. The molecule has 2 rings (SSSR count). The van der Waals surface area contributed by atoms with Crippen molar-refractivity contribution in [1.82, 2.24) is 9.55 Å². The Morgan fingerprint density at radius 2 is 2.36 bits per heavy atom. The molecule has 0 saturated heterocycles. The van der Waals surface area contributed by atoms with Crippen LogP contribution >= 0.6 is 12.2 Å². The first kappa shape index (κ1) is 9.97. The summed E-state index contributed by atoms with van der Waals surface area (Å²) < 4.78 is 3.11. The Hall–Kier alpha value is -0.570. The van der Waals surface area contributed by atoms with Crippen LogP contribution in [0.15, 0.2) is 12.4 Å². The van der Waals surface area contributed by atoms with E-state index in [1.165, 1.54) is 19.3 Å². The highest BCUT2D eigenvalue weighted by atomic mass is 32.1. The van der Waals surface area contributed by atoms with Crippen molar-refractivity contribution in [3.8, 4) is 0 Å². The minimum Gasteiger partial charge on any atom is -0.337 e. The number of nitrogens with zero attached hydrogens (tertiary/aromatic N) is 1. The van der Waals surface area contributed by atoms with Crippen molar-refractivity contribution >= 4 is 12.2 Å². The lowest BCUT2D eigenvalue weighted by Crippen LogP contribution is -2.14. The lowest BCUT2D eigenvalue weighted by Gasteiger charge is -2.20. The number of hydrogen-bond donors (Lipinski definition) is 1. The molecule has 1 heterocycles. The molecule has 0 aliphatic heterocycles. The van der Waals surface area contributed by atoms with E-state index >= 15 is 0 Å². The Kier molecular flexibility index (Phi) is 2.77. The van der Waals surface area contributed by atoms with Gasteiger partial charge < -0.3 is 9.55 Å². The predicted molar refractivity (Wildman–Crippen MR) is 60.8 cm³/mol. The topological polar surface area (TPSA) is 20.7 Å². The van der Waals surface area contributed by atoms with E-state index in [-0.39, 0.29) is 0 Å². The van der Waals surface area contributed by atoms with E-state index in [9.17, 15) is 0 Å². The summed E-state index contributed by atoms with van der Waals surface area (Å²) in [7, 11) is 0. The maximum atomic E-state index is 5.26. The van der Waals surface area contributed by atoms with Gasteiger partial charge in [0.1, 0.15) is 0 Å². The van der Waals surface area contributed by atoms with Crippen LogP contribution in [0.1, 0.15) is 39.2 Å². The first-order valence-corrected chi connectivity index (χ1v) is 5.90. The van der Waals surface area contributed by atoms with Crippen molar-refractivity contribution in [1.29, 1.82) is 0 Å². The van der Waals surface area contributed by atoms with Gasteiger partial charge in [0.2, 0.25) is 0 Å². The zero-order valence-electron chi connectivity index (χ0n) is 8.86. The number of hydrogen-bond acceptors (Lipinski definition) is 1. The molecule has 1 aliphatic carbocycles. The summed E-state index contributed by atoms with van der Waals surface area (Å²) in [5.74, 6) is 1.65. The summed E-state index contributed by atoms with van der Waals surface area (Å²) in [6.45, 7) is 4.65. The number of nitrogens with one attached hydrogen (secondary N) is 1. The second-order valence-corrected chi connectivity index (χ2v) is 4.73. The quantitative estimate of drug-likeness (QED) is 0.740. The second-order valence-electron chi connectivity index (χ2n) is 4.34. The average molecular weight is 210 g/mol. The molecule has 78 valence electrons. The first-order chi connectivity index (χ1) is 6.74. The molecule has 0 amide bonds. The first-order valence-electron chi connectivity index (χ1n) is 5.49. The highest BCUT2D eigenvalue weighted by molar-refractivity contribution is 7.71. The second kappa shape index (κ2) is 3.89. The van der Waals surface area contributed by atoms with E-state index in [4.69, 9.17) is 12.2 Å². The molecule has 1 fully saturated rings. The van der Waals surface area contributed by atoms with Crippen LogP contribution in [0, 0.1) is 16.6 Å². The Balaban J connectivity index is 2.22. The summed E-state index contributed by atoms with van der Waals surface area (Å²) in [6, 6.07) is 0.624. The van der Waals surface area contributed by atoms with Crippen LogP contribution in [0.3, 0.4) is 0 Å². The van der Waals surface area contributed by atoms with E-state index in [1.807, 2.05) is 6.20 Å². The summed E-state index contributed by atoms with van der Waals surface area (Å²) in [6.07, 6.45) is 7.96. The van der Waals surface area contributed by atoms with Gasteiger partial charge in [0.25, 0.3) is 0 Å². The van der Waals surface area contributed by atoms with Gasteiger partial charge in [0.15, 0.2) is 4.77 Å². The molecular formula is C11H18N2S. The van der Waals surface area contributed by atoms with Crippen LogP contribution < -0.4 is 0 Å². The molecule has 0 aromatic carbocycles. The summed E-state index contributed by atoms with van der Waals surface area (Å²) in [5, 5.41) is 0. The van der Waals surface area contributed by atoms with Gasteiger partial charge in [0.05, 0.1) is 0 Å². The van der Waals surface area contributed by atoms with Gasteiger partial charge >= 0.3 is 0 Å². The van der Waals surface area contributed by atoms with Crippen molar-refractivity contribution in [2.45, 2.75) is 39.2 Å². The maximum absolute atomic E-state index is 5.26. The van der Waals surface area contributed by atoms with Gasteiger partial charge in [-0.2, -0.15) is 0 Å². The number of imidazole rings is 1. The van der Waals surface area contributed by atoms with E-state index < -0.39 is 0 Å². The van der Waals surface area contributed by atoms with Crippen LogP contribution in [0.25, 0.3) is 0 Å². The van der Waals surface area contributed by atoms with Gasteiger partial charge in [-0.15, -0.1) is 0 Å². The molecule has 3 atom stereocenters. The Morgan fingerprint density at radius 3 is 2.86 bits per heavy atom. The molecule has 0 radical (unpaired) electrons. The predicted octanol–water partition coefficient (Wildman–Crippen LogP) is 3.54. The zero-order valence-corrected chi connectivity index (χ0v) is 9.68. The fourth-order valence-electron chi connectivity index (χ4n) is 2.79. The zero-order chi connectivity index (χ0) is 10.1. The fourth-order valence-corrected chi connectivity index (χ4v) is 3.05. The van der Waals surface area contributed by atoms with Crippen LogP contribution in [0.2, 0.25) is 0 Å². The van der Waals surface area contributed by atoms with Crippen LogP contribution in [-0.4, -0.2) is 9.55 Å². The average Bonchev–Trinajstić information content (AvgIpc) is 2.72. The third-order valence-corrected chi connectivity index (χ3v) is 4.07. The van der Waals surface area contributed by atoms with E-state index in [2.05, 4.69) is 29.6 Å². The fraction of sp³-hybridized carbons (Fsp3) is 0.727. The highest BCUT2D eigenvalue weighted by Gasteiger charge is 2.32. The number of aromatic nitrogens is 2. The molecule has 1 aromatic heterocycles. The van der Waals surface area contributed by atoms with E-state index in [0.717, 1.165) is 16.6 Å². The molecule has 0 bridgehead atoms. The normalized spacial score (nSPS) is 32.3. The monoisotopic (exact) mass is 210 g/mol. The minimum atomic E-state index is 0.624. The van der Waals surface area contributed by atoms with Gasteiger partial charge in [-0.1, -0.05) is 20.3 Å². The van der Waals surface area contributed by atoms with Crippen molar-refractivity contribution in [2.75, 3.05) is 0 Å². The maximum Gasteiger partial charge on any atom is 0.177 e. The number of H-pyrrole nitrogens is 1. The van der Waals surface area contributed by atoms with Crippen LogP contribution in [0.5, 0.6) is 0 Å². The summed E-state index contributed by atoms with van der Waals surface area (Å²) in [5.41, 5.74) is 0. The molecule has 0 spiro atoms. The smallest absolute Gasteiger partial charge is 0.177 e. The molecular weight excluding hydrogens is 192 g/mol. The highest BCUT2D eigenvalue weighted by Crippen LogP contribution is 2.41. The Bertz CT molecular complexity index is 352. The Morgan fingerprint density at radius 1 is 1.57 bits per heavy atom. The largest absolute Gasteiger partial charge is 0.337 e. The molecule has 3 unspecified atom stereocenters. The van der Waals surface area contributed by atoms with E-state index in [0.29, 0.717) is 6.04 Å². The molecule has 1 aliphatic rings. The van der Waals surface area contributed by atoms with Crippen LogP contribution in [0.4, 0.5) is 0 Å². The van der Waals surface area contributed by atoms with Gasteiger partial charge in [-0.05, 0) is 36.9 Å². The van der Waals surface area contributed by atoms with Crippen molar-refractivity contribution in [2.24, 2.45) is 11.8 Å². The summed E-state index contributed by atoms with van der Waals surface area (Å²) in [4.78, 5) is 3.08. The molecule has 14 heavy (non-hydrogen) atoms. The molecule has 1 N–H and O–H groups in total. The number of rotatable bonds is 2. The third kappa shape index (κ3) is 1.54. The SMILES string of the molecule is CCC1CCC(n2cc[nH]c2=S)C1C. The standard InChI is InChI=1S/C11H18N2S/c1-3-9-4-5-10(8(9)2)13-7-6-12-11(13)14/h6-10H,3-5H2,1-2H3,(H,12,14). The van der Waals surface area contributed by atoms with Crippen LogP contribution in [-0.2, 0) is 0 Å². The van der Waals surface area contributed by atoms with Gasteiger partial charge in [-0.25, -0.2) is 0 Å². The Labute approximate surface area is 90.3 Å². The molecule has 3 heteroatoms. The van der Waals surface area contributed by atoms with Gasteiger partial charge in [0, 0.05) is 18.4 Å². The minimum absolute atomic E-state index is 0.624. The molecule has 1 aromatic rings. The lowest BCUT2D eigenvalue weighted by molar-refractivity contribution is 0.327. The van der Waals surface area contributed by atoms with Crippen molar-refractivity contribution < 1.29 is 0 Å². The van der Waals surface area contributed by atoms with Gasteiger partial charge in [-0.3, -0.25) is 0 Å². The summed E-state index contributed by atoms with van der Waals surface area (Å²) >= 11 is 5.26.